The largest absolute Gasteiger partial charge is 0.338 e. The predicted octanol–water partition coefficient (Wildman–Crippen LogP) is 1.65. The van der Waals surface area contributed by atoms with Crippen LogP contribution < -0.4 is 5.73 Å². The molecule has 3 nitrogen and oxygen atoms in total. The Bertz CT molecular complexity index is 525. The molecule has 18 heavy (non-hydrogen) atoms. The lowest BCUT2D eigenvalue weighted by molar-refractivity contribution is 0.0768. The fraction of sp³-hybridized carbons (Fsp3) is 0.417. The average Bonchev–Trinajstić information content (AvgIpc) is 2.80. The number of hydrogen-bond donors (Lipinski definition) is 1. The van der Waals surface area contributed by atoms with Gasteiger partial charge in [-0.2, -0.15) is 0 Å². The highest BCUT2D eigenvalue weighted by Gasteiger charge is 2.54. The number of nitrogens with two attached hydrogens (primary N) is 1. The van der Waals surface area contributed by atoms with Gasteiger partial charge in [-0.3, -0.25) is 4.79 Å². The molecule has 1 saturated carbocycles. The number of nitrogens with zero attached hydrogens (tertiary/aromatic N) is 1. The van der Waals surface area contributed by atoms with Gasteiger partial charge in [0.05, 0.1) is 5.56 Å². The number of likely N-dealkylation sites (tertiary alicyclic amines) is 1. The molecular weight excluding hydrogens is 262 g/mol. The molecule has 96 valence electrons. The zero-order valence-corrected chi connectivity index (χ0v) is 10.1. The van der Waals surface area contributed by atoms with E-state index in [0.717, 1.165) is 12.1 Å². The Morgan fingerprint density at radius 3 is 2.56 bits per heavy atom. The highest BCUT2D eigenvalue weighted by Crippen LogP contribution is 2.44. The van der Waals surface area contributed by atoms with Crippen LogP contribution in [0.15, 0.2) is 12.1 Å². The first kappa shape index (κ1) is 11.9. The molecular formula is C12H11ClF2N2O. The molecule has 0 radical (unpaired) electrons. The van der Waals surface area contributed by atoms with Crippen LogP contribution in [-0.4, -0.2) is 29.9 Å². The molecule has 1 aromatic carbocycles. The lowest BCUT2D eigenvalue weighted by atomic mass is 10.1. The number of carbonyl (C=O) groups is 1. The summed E-state index contributed by atoms with van der Waals surface area (Å²) in [6.07, 6.45) is 0. The Hall–Kier alpha value is -1.20. The quantitative estimate of drug-likeness (QED) is 0.790. The average molecular weight is 273 g/mol. The molecule has 2 fully saturated rings. The van der Waals surface area contributed by atoms with E-state index in [1.807, 2.05) is 0 Å². The monoisotopic (exact) mass is 272 g/mol. The lowest BCUT2D eigenvalue weighted by Gasteiger charge is -2.19. The van der Waals surface area contributed by atoms with Crippen LogP contribution in [0.1, 0.15) is 10.4 Å². The summed E-state index contributed by atoms with van der Waals surface area (Å²) in [5.74, 6) is -1.65. The molecule has 1 heterocycles. The number of carbonyl (C=O) groups excluding carboxylic acids is 1. The van der Waals surface area contributed by atoms with E-state index in [2.05, 4.69) is 0 Å². The third kappa shape index (κ3) is 1.61. The van der Waals surface area contributed by atoms with Gasteiger partial charge < -0.3 is 10.6 Å². The van der Waals surface area contributed by atoms with Crippen LogP contribution in [0.3, 0.4) is 0 Å². The van der Waals surface area contributed by atoms with E-state index < -0.39 is 22.6 Å². The number of benzene rings is 1. The van der Waals surface area contributed by atoms with Gasteiger partial charge in [-0.15, -0.1) is 0 Å². The second-order valence-corrected chi connectivity index (χ2v) is 5.22. The van der Waals surface area contributed by atoms with Crippen LogP contribution in [0.25, 0.3) is 0 Å². The van der Waals surface area contributed by atoms with Crippen LogP contribution in [0.2, 0.25) is 5.02 Å². The highest BCUT2D eigenvalue weighted by molar-refractivity contribution is 6.31. The van der Waals surface area contributed by atoms with Crippen molar-refractivity contribution in [3.8, 4) is 0 Å². The van der Waals surface area contributed by atoms with Crippen molar-refractivity contribution in [2.75, 3.05) is 13.1 Å². The van der Waals surface area contributed by atoms with Gasteiger partial charge in [0.1, 0.15) is 10.8 Å². The SMILES string of the molecule is NC1C2CN(C(=O)c3ccc(F)c(Cl)c3F)CC12. The predicted molar refractivity (Wildman–Crippen MR) is 62.2 cm³/mol. The Balaban J connectivity index is 1.83. The molecule has 6 heteroatoms. The number of amides is 1. The molecule has 1 aromatic rings. The van der Waals surface area contributed by atoms with E-state index in [4.69, 9.17) is 17.3 Å². The molecule has 0 aromatic heterocycles. The Morgan fingerprint density at radius 1 is 1.33 bits per heavy atom. The van der Waals surface area contributed by atoms with Gasteiger partial charge in [-0.25, -0.2) is 8.78 Å². The summed E-state index contributed by atoms with van der Waals surface area (Å²) in [4.78, 5) is 13.6. The number of rotatable bonds is 1. The van der Waals surface area contributed by atoms with Gasteiger partial charge >= 0.3 is 0 Å². The number of hydrogen-bond acceptors (Lipinski definition) is 2. The van der Waals surface area contributed by atoms with Crippen LogP contribution in [0.4, 0.5) is 8.78 Å². The van der Waals surface area contributed by atoms with E-state index >= 15 is 0 Å². The zero-order chi connectivity index (χ0) is 13.0. The number of fused-ring (bicyclic) bond motifs is 1. The van der Waals surface area contributed by atoms with Crippen molar-refractivity contribution in [2.45, 2.75) is 6.04 Å². The second-order valence-electron chi connectivity index (χ2n) is 4.84. The Kier molecular flexibility index (Phi) is 2.57. The molecule has 2 aliphatic rings. The van der Waals surface area contributed by atoms with Gasteiger partial charge in [0.2, 0.25) is 0 Å². The van der Waals surface area contributed by atoms with Crippen LogP contribution >= 0.6 is 11.6 Å². The van der Waals surface area contributed by atoms with Crippen molar-refractivity contribution in [3.63, 3.8) is 0 Å². The third-order valence-corrected chi connectivity index (χ3v) is 4.16. The standard InChI is InChI=1S/C12H11ClF2N2O/c13-9-8(14)2-1-5(10(9)15)12(18)17-3-6-7(4-17)11(6)16/h1-2,6-7,11H,3-4,16H2. The number of piperidine rings is 1. The maximum atomic E-state index is 13.7. The van der Waals surface area contributed by atoms with Gasteiger partial charge in [0.15, 0.2) is 5.82 Å². The zero-order valence-electron chi connectivity index (χ0n) is 9.37. The fourth-order valence-corrected chi connectivity index (χ4v) is 2.76. The topological polar surface area (TPSA) is 46.3 Å². The minimum absolute atomic E-state index is 0.163. The summed E-state index contributed by atoms with van der Waals surface area (Å²) < 4.78 is 26.7. The van der Waals surface area contributed by atoms with Crippen molar-refractivity contribution in [1.82, 2.24) is 4.90 Å². The van der Waals surface area contributed by atoms with Crippen molar-refractivity contribution < 1.29 is 13.6 Å². The van der Waals surface area contributed by atoms with Crippen LogP contribution in [-0.2, 0) is 0 Å². The molecule has 3 rings (SSSR count). The minimum Gasteiger partial charge on any atom is -0.338 e. The summed E-state index contributed by atoms with van der Waals surface area (Å²) in [5, 5.41) is -0.637. The normalized spacial score (nSPS) is 29.3. The Morgan fingerprint density at radius 2 is 1.94 bits per heavy atom. The van der Waals surface area contributed by atoms with Gasteiger partial charge in [-0.05, 0) is 24.0 Å². The third-order valence-electron chi connectivity index (χ3n) is 3.81. The first-order valence-electron chi connectivity index (χ1n) is 5.69. The van der Waals surface area contributed by atoms with Gasteiger partial charge in [0, 0.05) is 19.1 Å². The van der Waals surface area contributed by atoms with Crippen LogP contribution in [0.5, 0.6) is 0 Å². The molecule has 1 amide bonds. The van der Waals surface area contributed by atoms with E-state index in [1.165, 1.54) is 0 Å². The van der Waals surface area contributed by atoms with E-state index in [9.17, 15) is 13.6 Å². The van der Waals surface area contributed by atoms with Crippen molar-refractivity contribution >= 4 is 17.5 Å². The molecule has 2 atom stereocenters. The summed E-state index contributed by atoms with van der Waals surface area (Å²) in [7, 11) is 0. The molecule has 1 saturated heterocycles. The fourth-order valence-electron chi connectivity index (χ4n) is 2.60. The summed E-state index contributed by atoms with van der Waals surface area (Å²) in [6, 6.07) is 2.29. The van der Waals surface area contributed by atoms with Gasteiger partial charge in [0.25, 0.3) is 5.91 Å². The first-order valence-corrected chi connectivity index (χ1v) is 6.07. The number of halogens is 3. The van der Waals surface area contributed by atoms with Crippen molar-refractivity contribution in [2.24, 2.45) is 17.6 Å². The highest BCUT2D eigenvalue weighted by atomic mass is 35.5. The van der Waals surface area contributed by atoms with E-state index in [-0.39, 0.29) is 11.6 Å². The molecule has 2 unspecified atom stereocenters. The molecule has 0 bridgehead atoms. The maximum absolute atomic E-state index is 13.7. The second kappa shape index (κ2) is 3.90. The van der Waals surface area contributed by atoms with E-state index in [0.29, 0.717) is 24.9 Å². The molecule has 1 aliphatic carbocycles. The van der Waals surface area contributed by atoms with Crippen molar-refractivity contribution in [1.29, 1.82) is 0 Å². The minimum atomic E-state index is -0.994. The van der Waals surface area contributed by atoms with E-state index in [1.54, 1.807) is 4.90 Å². The summed E-state index contributed by atoms with van der Waals surface area (Å²) in [6.45, 7) is 1.08. The summed E-state index contributed by atoms with van der Waals surface area (Å²) >= 11 is 5.45. The lowest BCUT2D eigenvalue weighted by Crippen LogP contribution is -2.34. The summed E-state index contributed by atoms with van der Waals surface area (Å²) in [5.41, 5.74) is 5.58. The Labute approximate surface area is 108 Å². The molecule has 0 spiro atoms. The van der Waals surface area contributed by atoms with Crippen molar-refractivity contribution in [3.05, 3.63) is 34.4 Å². The van der Waals surface area contributed by atoms with Gasteiger partial charge in [-0.1, -0.05) is 11.6 Å². The molecule has 1 aliphatic heterocycles. The first-order chi connectivity index (χ1) is 8.50. The smallest absolute Gasteiger partial charge is 0.256 e. The van der Waals surface area contributed by atoms with Crippen LogP contribution in [0, 0.1) is 23.5 Å². The molecule has 2 N–H and O–H groups in total. The maximum Gasteiger partial charge on any atom is 0.256 e.